The van der Waals surface area contributed by atoms with E-state index in [1.807, 2.05) is 0 Å². The van der Waals surface area contributed by atoms with Crippen LogP contribution in [0.25, 0.3) is 0 Å². The number of benzene rings is 1. The molecule has 0 spiro atoms. The first-order chi connectivity index (χ1) is 9.50. The van der Waals surface area contributed by atoms with Crippen LogP contribution in [0.4, 0.5) is 4.39 Å². The molecule has 0 unspecified atom stereocenters. The molecule has 0 radical (unpaired) electrons. The highest BCUT2D eigenvalue weighted by Gasteiger charge is 2.38. The molecule has 108 valence electrons. The highest BCUT2D eigenvalue weighted by molar-refractivity contribution is 9.10. The highest BCUT2D eigenvalue weighted by atomic mass is 79.9. The van der Waals surface area contributed by atoms with E-state index in [9.17, 15) is 14.3 Å². The Labute approximate surface area is 124 Å². The van der Waals surface area contributed by atoms with Crippen molar-refractivity contribution in [3.8, 4) is 5.75 Å². The average molecular weight is 344 g/mol. The molecule has 1 fully saturated rings. The number of hydrogen-bond acceptors (Lipinski definition) is 3. The van der Waals surface area contributed by atoms with Crippen molar-refractivity contribution in [3.63, 3.8) is 0 Å². The van der Waals surface area contributed by atoms with Gasteiger partial charge in [0.05, 0.1) is 17.7 Å². The fourth-order valence-corrected chi connectivity index (χ4v) is 3.28. The zero-order chi connectivity index (χ0) is 14.4. The summed E-state index contributed by atoms with van der Waals surface area (Å²) in [6.45, 7) is 1.62. The first-order valence-corrected chi connectivity index (χ1v) is 7.40. The fraction of sp³-hybridized carbons (Fsp3) is 0.500. The molecule has 0 saturated heterocycles. The van der Waals surface area contributed by atoms with Gasteiger partial charge in [0, 0.05) is 10.0 Å². The number of halogens is 2. The van der Waals surface area contributed by atoms with Crippen LogP contribution in [0.3, 0.4) is 0 Å². The van der Waals surface area contributed by atoms with Gasteiger partial charge < -0.3 is 9.84 Å². The molecule has 0 aromatic heterocycles. The average Bonchev–Trinajstić information content (AvgIpc) is 2.84. The maximum absolute atomic E-state index is 14.1. The summed E-state index contributed by atoms with van der Waals surface area (Å²) in [5.74, 6) is -0.773. The van der Waals surface area contributed by atoms with Crippen LogP contribution >= 0.6 is 15.9 Å². The van der Waals surface area contributed by atoms with Gasteiger partial charge in [0.15, 0.2) is 18.3 Å². The quantitative estimate of drug-likeness (QED) is 0.852. The van der Waals surface area contributed by atoms with E-state index in [-0.39, 0.29) is 30.0 Å². The Bertz CT molecular complexity index is 578. The summed E-state index contributed by atoms with van der Waals surface area (Å²) < 4.78 is 20.1. The number of carbonyl (C=O) groups excluding carboxylic acids is 1. The molecule has 1 amide bonds. The molecule has 1 heterocycles. The van der Waals surface area contributed by atoms with E-state index in [0.717, 1.165) is 12.8 Å². The summed E-state index contributed by atoms with van der Waals surface area (Å²) in [6.07, 6.45) is 1.80. The maximum atomic E-state index is 14.1. The van der Waals surface area contributed by atoms with Crippen LogP contribution in [0, 0.1) is 12.7 Å². The van der Waals surface area contributed by atoms with Crippen LogP contribution in [0.15, 0.2) is 10.5 Å². The van der Waals surface area contributed by atoms with Crippen molar-refractivity contribution in [2.75, 3.05) is 6.73 Å². The SMILES string of the molecule is Cc1c(Br)cc2c(c1F)OCN([C@H]1CCC[C@@H]1O)C2=O. The van der Waals surface area contributed by atoms with Crippen molar-refractivity contribution in [1.82, 2.24) is 4.90 Å². The third kappa shape index (κ3) is 2.02. The van der Waals surface area contributed by atoms with Gasteiger partial charge >= 0.3 is 0 Å². The lowest BCUT2D eigenvalue weighted by Crippen LogP contribution is -2.48. The Morgan fingerprint density at radius 1 is 1.50 bits per heavy atom. The summed E-state index contributed by atoms with van der Waals surface area (Å²) >= 11 is 3.25. The number of aliphatic hydroxyl groups excluding tert-OH is 1. The lowest BCUT2D eigenvalue weighted by Gasteiger charge is -2.35. The van der Waals surface area contributed by atoms with Gasteiger partial charge in [0.1, 0.15) is 0 Å². The third-order valence-corrected chi connectivity index (χ3v) is 4.91. The van der Waals surface area contributed by atoms with E-state index in [2.05, 4.69) is 15.9 Å². The lowest BCUT2D eigenvalue weighted by atomic mass is 10.1. The molecular formula is C14H15BrFNO3. The molecule has 2 aliphatic rings. The predicted octanol–water partition coefficient (Wildman–Crippen LogP) is 2.60. The normalized spacial score (nSPS) is 25.6. The van der Waals surface area contributed by atoms with E-state index < -0.39 is 11.9 Å². The van der Waals surface area contributed by atoms with Gasteiger partial charge in [-0.3, -0.25) is 9.69 Å². The topological polar surface area (TPSA) is 49.8 Å². The van der Waals surface area contributed by atoms with Gasteiger partial charge in [0.25, 0.3) is 5.91 Å². The van der Waals surface area contributed by atoms with E-state index in [1.54, 1.807) is 13.0 Å². The summed E-state index contributed by atoms with van der Waals surface area (Å²) in [5, 5.41) is 9.93. The Hall–Kier alpha value is -1.14. The van der Waals surface area contributed by atoms with Gasteiger partial charge in [-0.25, -0.2) is 4.39 Å². The molecule has 1 saturated carbocycles. The number of fused-ring (bicyclic) bond motifs is 1. The van der Waals surface area contributed by atoms with E-state index in [0.29, 0.717) is 16.5 Å². The van der Waals surface area contributed by atoms with Crippen LogP contribution in [0.1, 0.15) is 35.2 Å². The van der Waals surface area contributed by atoms with E-state index in [1.165, 1.54) is 4.90 Å². The molecular weight excluding hydrogens is 329 g/mol. The Kier molecular flexibility index (Phi) is 3.46. The first-order valence-electron chi connectivity index (χ1n) is 6.61. The van der Waals surface area contributed by atoms with Gasteiger partial charge in [-0.05, 0) is 32.3 Å². The zero-order valence-corrected chi connectivity index (χ0v) is 12.6. The fourth-order valence-electron chi connectivity index (χ4n) is 2.87. The van der Waals surface area contributed by atoms with Crippen LogP contribution in [0.2, 0.25) is 0 Å². The molecule has 1 aliphatic heterocycles. The Balaban J connectivity index is 1.99. The molecule has 20 heavy (non-hydrogen) atoms. The van der Waals surface area contributed by atoms with Crippen LogP contribution in [0.5, 0.6) is 5.75 Å². The zero-order valence-electron chi connectivity index (χ0n) is 11.0. The van der Waals surface area contributed by atoms with Crippen molar-refractivity contribution in [2.45, 2.75) is 38.3 Å². The minimum absolute atomic E-state index is 0.00838. The highest BCUT2D eigenvalue weighted by Crippen LogP contribution is 2.36. The summed E-state index contributed by atoms with van der Waals surface area (Å²) in [4.78, 5) is 14.0. The van der Waals surface area contributed by atoms with Gasteiger partial charge in [-0.2, -0.15) is 0 Å². The molecule has 4 nitrogen and oxygen atoms in total. The minimum atomic E-state index is -0.525. The first kappa shape index (κ1) is 13.8. The molecule has 1 N–H and O–H groups in total. The van der Waals surface area contributed by atoms with Gasteiger partial charge in [-0.1, -0.05) is 15.9 Å². The summed E-state index contributed by atoms with van der Waals surface area (Å²) in [5.41, 5.74) is 0.635. The largest absolute Gasteiger partial charge is 0.469 e. The predicted molar refractivity (Wildman–Crippen MR) is 74.1 cm³/mol. The number of rotatable bonds is 1. The standard InChI is InChI=1S/C14H15BrFNO3/c1-7-9(15)5-8-13(12(7)16)20-6-17(14(8)19)10-3-2-4-11(10)18/h5,10-11,18H,2-4,6H2,1H3/t10-,11-/m0/s1. The van der Waals surface area contributed by atoms with Crippen molar-refractivity contribution in [2.24, 2.45) is 0 Å². The lowest BCUT2D eigenvalue weighted by molar-refractivity contribution is 0.0115. The van der Waals surface area contributed by atoms with Crippen molar-refractivity contribution in [1.29, 1.82) is 0 Å². The number of hydrogen-bond donors (Lipinski definition) is 1. The number of ether oxygens (including phenoxy) is 1. The minimum Gasteiger partial charge on any atom is -0.469 e. The van der Waals surface area contributed by atoms with Crippen molar-refractivity contribution >= 4 is 21.8 Å². The summed E-state index contributed by atoms with van der Waals surface area (Å²) in [6, 6.07) is 1.35. The Morgan fingerprint density at radius 2 is 2.25 bits per heavy atom. The molecule has 1 aromatic carbocycles. The second-order valence-corrected chi connectivity index (χ2v) is 6.14. The van der Waals surface area contributed by atoms with E-state index in [4.69, 9.17) is 4.74 Å². The smallest absolute Gasteiger partial charge is 0.260 e. The molecule has 1 aliphatic carbocycles. The second-order valence-electron chi connectivity index (χ2n) is 5.29. The van der Waals surface area contributed by atoms with Crippen molar-refractivity contribution < 1.29 is 19.0 Å². The molecule has 0 bridgehead atoms. The molecule has 6 heteroatoms. The van der Waals surface area contributed by atoms with Crippen LogP contribution < -0.4 is 4.74 Å². The summed E-state index contributed by atoms with van der Waals surface area (Å²) in [7, 11) is 0. The second kappa shape index (κ2) is 5.00. The maximum Gasteiger partial charge on any atom is 0.260 e. The van der Waals surface area contributed by atoms with Crippen molar-refractivity contribution in [3.05, 3.63) is 27.5 Å². The van der Waals surface area contributed by atoms with Crippen LogP contribution in [-0.2, 0) is 0 Å². The number of carbonyl (C=O) groups is 1. The monoisotopic (exact) mass is 343 g/mol. The molecule has 3 rings (SSSR count). The number of amides is 1. The van der Waals surface area contributed by atoms with E-state index >= 15 is 0 Å². The van der Waals surface area contributed by atoms with Crippen LogP contribution in [-0.4, -0.2) is 34.8 Å². The third-order valence-electron chi connectivity index (χ3n) is 4.09. The number of nitrogens with zero attached hydrogens (tertiary/aromatic N) is 1. The Morgan fingerprint density at radius 3 is 2.90 bits per heavy atom. The molecule has 1 aromatic rings. The number of aliphatic hydroxyl groups is 1. The van der Waals surface area contributed by atoms with Gasteiger partial charge in [0.2, 0.25) is 0 Å². The molecule has 2 atom stereocenters. The van der Waals surface area contributed by atoms with Gasteiger partial charge in [-0.15, -0.1) is 0 Å².